The number of pyridine rings is 1. The topological polar surface area (TPSA) is 12.9 Å². The normalized spacial score (nSPS) is 11.3. The summed E-state index contributed by atoms with van der Waals surface area (Å²) >= 11 is 6.27. The van der Waals surface area contributed by atoms with Gasteiger partial charge >= 0.3 is 0 Å². The molecule has 28 heavy (non-hydrogen) atoms. The van der Waals surface area contributed by atoms with E-state index in [0.717, 1.165) is 32.7 Å². The van der Waals surface area contributed by atoms with Gasteiger partial charge in [0.1, 0.15) is 0 Å². The highest BCUT2D eigenvalue weighted by molar-refractivity contribution is 6.31. The van der Waals surface area contributed by atoms with Crippen LogP contribution >= 0.6 is 24.0 Å². The zero-order valence-corrected chi connectivity index (χ0v) is 17.8. The van der Waals surface area contributed by atoms with E-state index in [2.05, 4.69) is 75.4 Å². The maximum Gasteiger partial charge on any atom is 0.0716 e. The number of fused-ring (bicyclic) bond motifs is 1. The Bertz CT molecular complexity index is 1100. The van der Waals surface area contributed by atoms with Gasteiger partial charge in [0.2, 0.25) is 0 Å². The summed E-state index contributed by atoms with van der Waals surface area (Å²) in [6.45, 7) is 6.69. The number of nitrogens with zero attached hydrogens (tertiary/aromatic N) is 1. The fourth-order valence-electron chi connectivity index (χ4n) is 3.34. The lowest BCUT2D eigenvalue weighted by Crippen LogP contribution is -2.10. The highest BCUT2D eigenvalue weighted by Crippen LogP contribution is 2.34. The van der Waals surface area contributed by atoms with Gasteiger partial charge in [-0.2, -0.15) is 0 Å². The van der Waals surface area contributed by atoms with Crippen LogP contribution in [0.4, 0.5) is 0 Å². The highest BCUT2D eigenvalue weighted by Gasteiger charge is 2.14. The lowest BCUT2D eigenvalue weighted by molar-refractivity contribution is 0.590. The summed E-state index contributed by atoms with van der Waals surface area (Å²) in [6, 6.07) is 27.2. The van der Waals surface area contributed by atoms with Gasteiger partial charge in [-0.1, -0.05) is 87.0 Å². The molecule has 0 saturated heterocycles. The van der Waals surface area contributed by atoms with E-state index < -0.39 is 0 Å². The second-order valence-electron chi connectivity index (χ2n) is 7.91. The molecule has 1 nitrogen and oxygen atoms in total. The smallest absolute Gasteiger partial charge is 0.0716 e. The fourth-order valence-corrected chi connectivity index (χ4v) is 3.52. The lowest BCUT2D eigenvalue weighted by atomic mass is 9.86. The monoisotopic (exact) mass is 407 g/mol. The number of halogens is 2. The Kier molecular flexibility index (Phi) is 5.79. The molecule has 0 amide bonds. The van der Waals surface area contributed by atoms with E-state index in [1.165, 1.54) is 11.1 Å². The van der Waals surface area contributed by atoms with E-state index in [1.807, 2.05) is 24.3 Å². The molecule has 0 aliphatic carbocycles. The predicted molar refractivity (Wildman–Crippen MR) is 124 cm³/mol. The fraction of sp³-hybridized carbons (Fsp3) is 0.160. The maximum atomic E-state index is 6.27. The van der Waals surface area contributed by atoms with E-state index in [4.69, 9.17) is 16.6 Å². The Balaban J connectivity index is 0.00000225. The summed E-state index contributed by atoms with van der Waals surface area (Å²) in [5.41, 5.74) is 6.83. The van der Waals surface area contributed by atoms with Gasteiger partial charge in [0, 0.05) is 16.0 Å². The van der Waals surface area contributed by atoms with Crippen LogP contribution in [0.3, 0.4) is 0 Å². The van der Waals surface area contributed by atoms with Crippen LogP contribution in [0.2, 0.25) is 5.02 Å². The molecular formula is C25H23Cl2N. The van der Waals surface area contributed by atoms with Gasteiger partial charge in [-0.25, -0.2) is 4.98 Å². The van der Waals surface area contributed by atoms with Gasteiger partial charge in [0.05, 0.1) is 11.2 Å². The van der Waals surface area contributed by atoms with Crippen LogP contribution in [0.15, 0.2) is 78.9 Å². The van der Waals surface area contributed by atoms with Crippen molar-refractivity contribution in [2.24, 2.45) is 0 Å². The summed E-state index contributed by atoms with van der Waals surface area (Å²) in [6.07, 6.45) is 0. The van der Waals surface area contributed by atoms with Crippen molar-refractivity contribution in [1.29, 1.82) is 0 Å². The molecule has 0 spiro atoms. The third kappa shape index (κ3) is 4.06. The zero-order chi connectivity index (χ0) is 19.0. The van der Waals surface area contributed by atoms with Crippen molar-refractivity contribution in [1.82, 2.24) is 4.98 Å². The highest BCUT2D eigenvalue weighted by atomic mass is 35.5. The number of hydrogen-bond acceptors (Lipinski definition) is 1. The van der Waals surface area contributed by atoms with Gasteiger partial charge in [-0.3, -0.25) is 0 Å². The number of aromatic nitrogens is 1. The van der Waals surface area contributed by atoms with Gasteiger partial charge in [0.25, 0.3) is 0 Å². The molecule has 0 unspecified atom stereocenters. The zero-order valence-electron chi connectivity index (χ0n) is 16.2. The lowest BCUT2D eigenvalue weighted by Gasteiger charge is -2.19. The first-order chi connectivity index (χ1) is 12.9. The van der Waals surface area contributed by atoms with Gasteiger partial charge in [-0.15, -0.1) is 12.4 Å². The van der Waals surface area contributed by atoms with Crippen molar-refractivity contribution in [3.8, 4) is 22.4 Å². The number of hydrogen-bond donors (Lipinski definition) is 0. The minimum atomic E-state index is 0. The molecule has 0 radical (unpaired) electrons. The van der Waals surface area contributed by atoms with Gasteiger partial charge in [-0.05, 0) is 46.4 Å². The summed E-state index contributed by atoms with van der Waals surface area (Å²) in [7, 11) is 0. The molecule has 0 atom stereocenters. The molecule has 1 heterocycles. The molecule has 0 saturated carbocycles. The third-order valence-electron chi connectivity index (χ3n) is 4.90. The van der Waals surface area contributed by atoms with Crippen LogP contribution in [0.1, 0.15) is 26.3 Å². The number of rotatable bonds is 2. The van der Waals surface area contributed by atoms with E-state index >= 15 is 0 Å². The quantitative estimate of drug-likeness (QED) is 0.328. The maximum absolute atomic E-state index is 6.27. The molecule has 1 aromatic heterocycles. The van der Waals surface area contributed by atoms with E-state index in [0.29, 0.717) is 0 Å². The van der Waals surface area contributed by atoms with Crippen molar-refractivity contribution in [2.45, 2.75) is 26.2 Å². The van der Waals surface area contributed by atoms with Crippen LogP contribution in [0.25, 0.3) is 33.3 Å². The van der Waals surface area contributed by atoms with Crippen molar-refractivity contribution >= 4 is 34.9 Å². The molecule has 0 fully saturated rings. The van der Waals surface area contributed by atoms with Crippen LogP contribution in [-0.2, 0) is 5.41 Å². The Labute approximate surface area is 177 Å². The Morgan fingerprint density at radius 1 is 0.750 bits per heavy atom. The summed E-state index contributed by atoms with van der Waals surface area (Å²) in [5, 5.41) is 1.80. The third-order valence-corrected chi connectivity index (χ3v) is 5.14. The van der Waals surface area contributed by atoms with Gasteiger partial charge in [0.15, 0.2) is 0 Å². The largest absolute Gasteiger partial charge is 0.248 e. The molecule has 4 aromatic rings. The SMILES string of the molecule is CC(C)(C)c1ccc(-c2cc(-c3ccccc3)c3cc(Cl)ccc3n2)cc1.Cl. The average molecular weight is 408 g/mol. The first-order valence-corrected chi connectivity index (χ1v) is 9.56. The first kappa shape index (κ1) is 20.4. The molecule has 0 bridgehead atoms. The minimum absolute atomic E-state index is 0. The Morgan fingerprint density at radius 3 is 2.07 bits per heavy atom. The first-order valence-electron chi connectivity index (χ1n) is 9.18. The minimum Gasteiger partial charge on any atom is -0.248 e. The average Bonchev–Trinajstić information content (AvgIpc) is 2.67. The van der Waals surface area contributed by atoms with Crippen LogP contribution < -0.4 is 0 Å². The summed E-state index contributed by atoms with van der Waals surface area (Å²) < 4.78 is 0. The van der Waals surface area contributed by atoms with E-state index in [9.17, 15) is 0 Å². The van der Waals surface area contributed by atoms with Crippen molar-refractivity contribution < 1.29 is 0 Å². The van der Waals surface area contributed by atoms with E-state index in [-0.39, 0.29) is 17.8 Å². The van der Waals surface area contributed by atoms with E-state index in [1.54, 1.807) is 0 Å². The molecule has 3 aromatic carbocycles. The molecule has 4 rings (SSSR count). The van der Waals surface area contributed by atoms with Crippen LogP contribution in [0.5, 0.6) is 0 Å². The number of benzene rings is 3. The molecule has 3 heteroatoms. The Hall–Kier alpha value is -2.35. The van der Waals surface area contributed by atoms with Crippen molar-refractivity contribution in [3.63, 3.8) is 0 Å². The van der Waals surface area contributed by atoms with Crippen molar-refractivity contribution in [2.75, 3.05) is 0 Å². The Morgan fingerprint density at radius 2 is 1.43 bits per heavy atom. The second kappa shape index (κ2) is 7.95. The van der Waals surface area contributed by atoms with Gasteiger partial charge < -0.3 is 0 Å². The molecular weight excluding hydrogens is 385 g/mol. The molecule has 0 N–H and O–H groups in total. The summed E-state index contributed by atoms with van der Waals surface area (Å²) in [4.78, 5) is 4.91. The standard InChI is InChI=1S/C25H22ClN.ClH/c1-25(2,3)19-11-9-18(10-12-19)24-16-21(17-7-5-4-6-8-17)22-15-20(26)13-14-23(22)27-24;/h4-16H,1-3H3;1H. The second-order valence-corrected chi connectivity index (χ2v) is 8.35. The predicted octanol–water partition coefficient (Wildman–Crippen LogP) is 7.94. The van der Waals surface area contributed by atoms with Crippen LogP contribution in [0, 0.1) is 0 Å². The molecule has 142 valence electrons. The van der Waals surface area contributed by atoms with Crippen molar-refractivity contribution in [3.05, 3.63) is 89.4 Å². The van der Waals surface area contributed by atoms with Crippen LogP contribution in [-0.4, -0.2) is 4.98 Å². The molecule has 0 aliphatic rings. The summed E-state index contributed by atoms with van der Waals surface area (Å²) in [5.74, 6) is 0. The molecule has 0 aliphatic heterocycles.